The van der Waals surface area contributed by atoms with Crippen LogP contribution in [-0.4, -0.2) is 32.9 Å². The largest absolute Gasteiger partial charge is 0.508 e. The van der Waals surface area contributed by atoms with Crippen LogP contribution >= 0.6 is 0 Å². The van der Waals surface area contributed by atoms with E-state index in [0.717, 1.165) is 18.7 Å². The Morgan fingerprint density at radius 2 is 2.00 bits per heavy atom. The molecule has 3 heterocycles. The molecule has 0 radical (unpaired) electrons. The SMILES string of the molecule is C#Cc1c(F)ccc2cc(O)cc(-c3ncc4c(C5[C@H]6CNC[C@@H]56)c(CO)n(C)c4c3F)c12. The van der Waals surface area contributed by atoms with Crippen molar-refractivity contribution >= 4 is 21.7 Å². The highest BCUT2D eigenvalue weighted by Gasteiger charge is 2.55. The number of aryl methyl sites for hydroxylation is 1. The molecule has 0 amide bonds. The molecule has 33 heavy (non-hydrogen) atoms. The summed E-state index contributed by atoms with van der Waals surface area (Å²) >= 11 is 0. The summed E-state index contributed by atoms with van der Waals surface area (Å²) in [5.41, 5.74) is 2.15. The third-order valence-electron chi connectivity index (χ3n) is 7.36. The van der Waals surface area contributed by atoms with Crippen molar-refractivity contribution in [2.45, 2.75) is 12.5 Å². The monoisotopic (exact) mass is 445 g/mol. The van der Waals surface area contributed by atoms with Crippen LogP contribution in [0.4, 0.5) is 8.78 Å². The Hall–Kier alpha value is -3.47. The number of phenolic OH excluding ortho intramolecular Hbond substituents is 1. The number of piperidine rings is 1. The van der Waals surface area contributed by atoms with E-state index in [2.05, 4.69) is 16.2 Å². The van der Waals surface area contributed by atoms with E-state index < -0.39 is 11.6 Å². The lowest BCUT2D eigenvalue weighted by molar-refractivity contribution is 0.271. The number of nitrogens with zero attached hydrogens (tertiary/aromatic N) is 2. The summed E-state index contributed by atoms with van der Waals surface area (Å²) < 4.78 is 32.3. The minimum Gasteiger partial charge on any atom is -0.508 e. The van der Waals surface area contributed by atoms with Crippen LogP contribution in [-0.2, 0) is 13.7 Å². The minimum atomic E-state index is -0.601. The number of aliphatic hydroxyl groups is 1. The molecule has 7 heteroatoms. The molecule has 166 valence electrons. The average Bonchev–Trinajstić information content (AvgIpc) is 3.13. The third kappa shape index (κ3) is 2.68. The van der Waals surface area contributed by atoms with Gasteiger partial charge in [0, 0.05) is 35.3 Å². The van der Waals surface area contributed by atoms with Crippen molar-refractivity contribution in [3.8, 4) is 29.4 Å². The molecule has 5 nitrogen and oxygen atoms in total. The fraction of sp³-hybridized carbons (Fsp3) is 0.269. The quantitative estimate of drug-likeness (QED) is 0.420. The van der Waals surface area contributed by atoms with Crippen molar-refractivity contribution in [2.75, 3.05) is 13.1 Å². The maximum atomic E-state index is 16.1. The van der Waals surface area contributed by atoms with Gasteiger partial charge >= 0.3 is 0 Å². The van der Waals surface area contributed by atoms with Crippen LogP contribution in [0.25, 0.3) is 32.9 Å². The van der Waals surface area contributed by atoms with Crippen molar-refractivity contribution in [1.82, 2.24) is 14.9 Å². The molecule has 0 bridgehead atoms. The van der Waals surface area contributed by atoms with Crippen molar-refractivity contribution < 1.29 is 19.0 Å². The zero-order valence-corrected chi connectivity index (χ0v) is 17.9. The molecule has 4 aromatic rings. The second-order valence-corrected chi connectivity index (χ2v) is 8.93. The van der Waals surface area contributed by atoms with Crippen molar-refractivity contribution in [2.24, 2.45) is 18.9 Å². The predicted octanol–water partition coefficient (Wildman–Crippen LogP) is 3.78. The molecule has 1 unspecified atom stereocenters. The zero-order chi connectivity index (χ0) is 23.0. The highest BCUT2D eigenvalue weighted by molar-refractivity contribution is 6.02. The van der Waals surface area contributed by atoms with Gasteiger partial charge < -0.3 is 20.1 Å². The van der Waals surface area contributed by atoms with Crippen LogP contribution in [0.2, 0.25) is 0 Å². The first-order chi connectivity index (χ1) is 16.0. The molecular formula is C26H21F2N3O2. The van der Waals surface area contributed by atoms with E-state index in [-0.39, 0.29) is 35.1 Å². The molecule has 2 fully saturated rings. The first kappa shape index (κ1) is 20.2. The summed E-state index contributed by atoms with van der Waals surface area (Å²) in [5, 5.41) is 25.2. The fourth-order valence-corrected chi connectivity index (χ4v) is 5.82. The maximum Gasteiger partial charge on any atom is 0.173 e. The molecule has 6 rings (SSSR count). The van der Waals surface area contributed by atoms with Crippen LogP contribution in [0.3, 0.4) is 0 Å². The number of aromatic hydroxyl groups is 1. The minimum absolute atomic E-state index is 0.00859. The van der Waals surface area contributed by atoms with Crippen molar-refractivity contribution in [3.63, 3.8) is 0 Å². The van der Waals surface area contributed by atoms with Gasteiger partial charge in [-0.3, -0.25) is 4.98 Å². The normalized spacial score (nSPS) is 21.5. The van der Waals surface area contributed by atoms with Gasteiger partial charge in [-0.15, -0.1) is 6.42 Å². The van der Waals surface area contributed by atoms with Crippen molar-refractivity contribution in [3.05, 3.63) is 58.9 Å². The number of aromatic nitrogens is 2. The van der Waals surface area contributed by atoms with Gasteiger partial charge in [-0.25, -0.2) is 8.78 Å². The first-order valence-electron chi connectivity index (χ1n) is 10.9. The molecule has 3 N–H and O–H groups in total. The van der Waals surface area contributed by atoms with Gasteiger partial charge in [0.15, 0.2) is 5.82 Å². The maximum absolute atomic E-state index is 16.1. The summed E-state index contributed by atoms with van der Waals surface area (Å²) in [5.74, 6) is 2.30. The number of rotatable bonds is 3. The Balaban J connectivity index is 1.64. The number of nitrogens with one attached hydrogen (secondary N) is 1. The number of hydrogen-bond donors (Lipinski definition) is 3. The summed E-state index contributed by atoms with van der Waals surface area (Å²) in [6.07, 6.45) is 7.20. The highest BCUT2D eigenvalue weighted by atomic mass is 19.1. The number of phenols is 1. The van der Waals surface area contributed by atoms with E-state index in [0.29, 0.717) is 39.2 Å². The Bertz CT molecular complexity index is 1510. The number of hydrogen-bond acceptors (Lipinski definition) is 4. The molecule has 2 aromatic carbocycles. The topological polar surface area (TPSA) is 70.3 Å². The molecule has 2 aromatic heterocycles. The van der Waals surface area contributed by atoms with Gasteiger partial charge in [-0.05, 0) is 60.0 Å². The van der Waals surface area contributed by atoms with E-state index in [1.165, 1.54) is 24.3 Å². The number of fused-ring (bicyclic) bond motifs is 3. The number of halogens is 2. The van der Waals surface area contributed by atoms with Gasteiger partial charge in [0.2, 0.25) is 0 Å². The first-order valence-corrected chi connectivity index (χ1v) is 10.9. The van der Waals surface area contributed by atoms with E-state index in [4.69, 9.17) is 6.42 Å². The Morgan fingerprint density at radius 3 is 2.70 bits per heavy atom. The molecule has 1 saturated carbocycles. The summed E-state index contributed by atoms with van der Waals surface area (Å²) in [6, 6.07) is 5.54. The lowest BCUT2D eigenvalue weighted by atomic mass is 9.95. The molecule has 1 saturated heterocycles. The number of aliphatic hydroxyl groups excluding tert-OH is 1. The van der Waals surface area contributed by atoms with Crippen LogP contribution < -0.4 is 5.32 Å². The van der Waals surface area contributed by atoms with Crippen LogP contribution in [0.15, 0.2) is 30.5 Å². The molecule has 2 aliphatic rings. The predicted molar refractivity (Wildman–Crippen MR) is 122 cm³/mol. The molecule has 3 atom stereocenters. The molecule has 1 aliphatic carbocycles. The number of benzene rings is 2. The van der Waals surface area contributed by atoms with E-state index >= 15 is 4.39 Å². The second kappa shape index (κ2) is 7.01. The second-order valence-electron chi connectivity index (χ2n) is 8.93. The van der Waals surface area contributed by atoms with Gasteiger partial charge in [0.05, 0.1) is 17.7 Å². The Labute approximate surface area is 188 Å². The van der Waals surface area contributed by atoms with Gasteiger partial charge in [0.1, 0.15) is 17.3 Å². The van der Waals surface area contributed by atoms with Gasteiger partial charge in [0.25, 0.3) is 0 Å². The van der Waals surface area contributed by atoms with Crippen LogP contribution in [0.5, 0.6) is 5.75 Å². The van der Waals surface area contributed by atoms with E-state index in [1.54, 1.807) is 17.8 Å². The summed E-state index contributed by atoms with van der Waals surface area (Å²) in [6.45, 7) is 1.63. The summed E-state index contributed by atoms with van der Waals surface area (Å²) in [4.78, 5) is 4.44. The molecule has 1 aliphatic heterocycles. The van der Waals surface area contributed by atoms with E-state index in [1.807, 2.05) is 0 Å². The van der Waals surface area contributed by atoms with Crippen LogP contribution in [0, 0.1) is 35.8 Å². The van der Waals surface area contributed by atoms with Crippen LogP contribution in [0.1, 0.15) is 22.7 Å². The lowest BCUT2D eigenvalue weighted by Crippen LogP contribution is -2.14. The molecular weight excluding hydrogens is 424 g/mol. The Morgan fingerprint density at radius 1 is 1.24 bits per heavy atom. The highest BCUT2D eigenvalue weighted by Crippen LogP contribution is 2.58. The standard InChI is InChI=1S/C26H21F2N3O2/c1-3-14-19(27)5-4-12-6-13(33)7-15(21(12)14)25-24(28)26-18(10-30-25)23(20(11-32)31(26)2)22-16-8-29-9-17(16)22/h1,4-7,10,16-17,22,29,32-33H,8-9,11H2,2H3/t16-,17+,22?. The molecule has 0 spiro atoms. The third-order valence-corrected chi connectivity index (χ3v) is 7.36. The van der Waals surface area contributed by atoms with Gasteiger partial charge in [-0.2, -0.15) is 0 Å². The number of pyridine rings is 1. The fourth-order valence-electron chi connectivity index (χ4n) is 5.82. The summed E-state index contributed by atoms with van der Waals surface area (Å²) in [7, 11) is 1.73. The van der Waals surface area contributed by atoms with Gasteiger partial charge in [-0.1, -0.05) is 12.0 Å². The average molecular weight is 445 g/mol. The number of terminal acetylenes is 1. The van der Waals surface area contributed by atoms with Crippen molar-refractivity contribution in [1.29, 1.82) is 0 Å². The van der Waals surface area contributed by atoms with E-state index in [9.17, 15) is 14.6 Å². The zero-order valence-electron chi connectivity index (χ0n) is 17.9. The lowest BCUT2D eigenvalue weighted by Gasteiger charge is -2.12. The Kier molecular flexibility index (Phi) is 4.28. The smallest absolute Gasteiger partial charge is 0.173 e.